The molecule has 2 rings (SSSR count). The molecule has 4 nitrogen and oxygen atoms in total. The van der Waals surface area contributed by atoms with Gasteiger partial charge in [0.25, 0.3) is 0 Å². The number of hydrogen-bond donors (Lipinski definition) is 2. The molecule has 0 fully saturated rings. The normalized spacial score (nSPS) is 11.7. The minimum atomic E-state index is -0.360. The Morgan fingerprint density at radius 2 is 1.88 bits per heavy atom. The molecule has 6 heteroatoms. The van der Waals surface area contributed by atoms with Gasteiger partial charge in [-0.05, 0) is 56.2 Å². The van der Waals surface area contributed by atoms with Crippen LogP contribution in [0.5, 0.6) is 0 Å². The van der Waals surface area contributed by atoms with E-state index in [0.717, 1.165) is 16.8 Å². The Morgan fingerprint density at radius 3 is 2.60 bits per heavy atom. The van der Waals surface area contributed by atoms with Crippen LogP contribution in [0.3, 0.4) is 0 Å². The van der Waals surface area contributed by atoms with Gasteiger partial charge in [-0.25, -0.2) is 0 Å². The Kier molecular flexibility index (Phi) is 6.91. The monoisotopic (exact) mass is 376 g/mol. The molecule has 0 spiro atoms. The quantitative estimate of drug-likeness (QED) is 0.771. The number of benzene rings is 2. The minimum Gasteiger partial charge on any atom is -0.325 e. The van der Waals surface area contributed by atoms with Gasteiger partial charge in [-0.2, -0.15) is 0 Å². The fourth-order valence-corrected chi connectivity index (χ4v) is 3.02. The van der Waals surface area contributed by atoms with E-state index in [0.29, 0.717) is 10.7 Å². The van der Waals surface area contributed by atoms with Crippen LogP contribution in [0.25, 0.3) is 0 Å². The molecule has 132 valence electrons. The zero-order valence-electron chi connectivity index (χ0n) is 14.4. The smallest absolute Gasteiger partial charge is 0.237 e. The van der Waals surface area contributed by atoms with Crippen molar-refractivity contribution in [3.8, 4) is 0 Å². The van der Waals surface area contributed by atoms with Crippen molar-refractivity contribution in [1.82, 2.24) is 0 Å². The Balaban J connectivity index is 1.84. The third-order valence-electron chi connectivity index (χ3n) is 3.59. The molecule has 0 heterocycles. The van der Waals surface area contributed by atoms with Gasteiger partial charge in [0, 0.05) is 16.4 Å². The first kappa shape index (κ1) is 19.3. The van der Waals surface area contributed by atoms with Crippen LogP contribution >= 0.6 is 23.4 Å². The highest BCUT2D eigenvalue weighted by molar-refractivity contribution is 8.01. The molecule has 2 amide bonds. The van der Waals surface area contributed by atoms with Crippen molar-refractivity contribution < 1.29 is 9.59 Å². The van der Waals surface area contributed by atoms with Crippen LogP contribution in [0.1, 0.15) is 18.1 Å². The van der Waals surface area contributed by atoms with E-state index in [9.17, 15) is 9.59 Å². The molecular weight excluding hydrogens is 356 g/mol. The highest BCUT2D eigenvalue weighted by Gasteiger charge is 2.16. The molecule has 2 aromatic rings. The largest absolute Gasteiger partial charge is 0.325 e. The third kappa shape index (κ3) is 6.11. The number of nitrogens with one attached hydrogen (secondary N) is 2. The standard InChI is InChI=1S/C19H21ClN2O2S/c1-12-5-4-6-16(9-12)21-18(23)11-25-14(3)19(24)22-17-10-15(20)8-7-13(17)2/h4-10,14H,11H2,1-3H3,(H,21,23)(H,22,24)/t14-/m1/s1. The highest BCUT2D eigenvalue weighted by atomic mass is 35.5. The molecule has 0 aliphatic heterocycles. The maximum Gasteiger partial charge on any atom is 0.237 e. The average molecular weight is 377 g/mol. The Morgan fingerprint density at radius 1 is 1.12 bits per heavy atom. The molecule has 0 bridgehead atoms. The minimum absolute atomic E-state index is 0.130. The van der Waals surface area contributed by atoms with Crippen molar-refractivity contribution >= 4 is 46.6 Å². The van der Waals surface area contributed by atoms with E-state index >= 15 is 0 Å². The van der Waals surface area contributed by atoms with Gasteiger partial charge in [-0.15, -0.1) is 11.8 Å². The fourth-order valence-electron chi connectivity index (χ4n) is 2.16. The second kappa shape index (κ2) is 8.92. The van der Waals surface area contributed by atoms with E-state index in [-0.39, 0.29) is 22.8 Å². The lowest BCUT2D eigenvalue weighted by atomic mass is 10.2. The van der Waals surface area contributed by atoms with Crippen LogP contribution in [0, 0.1) is 13.8 Å². The van der Waals surface area contributed by atoms with Gasteiger partial charge >= 0.3 is 0 Å². The number of carbonyl (C=O) groups is 2. The van der Waals surface area contributed by atoms with E-state index in [1.165, 1.54) is 11.8 Å². The lowest BCUT2D eigenvalue weighted by Crippen LogP contribution is -2.25. The summed E-state index contributed by atoms with van der Waals surface area (Å²) in [5, 5.41) is 5.90. The summed E-state index contributed by atoms with van der Waals surface area (Å²) in [4.78, 5) is 24.3. The van der Waals surface area contributed by atoms with Crippen LogP contribution in [0.15, 0.2) is 42.5 Å². The van der Waals surface area contributed by atoms with Crippen molar-refractivity contribution in [3.63, 3.8) is 0 Å². The van der Waals surface area contributed by atoms with E-state index in [2.05, 4.69) is 10.6 Å². The molecule has 0 radical (unpaired) electrons. The Labute approximate surface area is 157 Å². The molecule has 0 saturated carbocycles. The maximum atomic E-state index is 12.3. The van der Waals surface area contributed by atoms with Crippen LogP contribution in [0.4, 0.5) is 11.4 Å². The molecule has 0 aliphatic carbocycles. The topological polar surface area (TPSA) is 58.2 Å². The van der Waals surface area contributed by atoms with Gasteiger partial charge in [0.05, 0.1) is 11.0 Å². The van der Waals surface area contributed by atoms with Gasteiger partial charge in [-0.1, -0.05) is 29.8 Å². The number of thioether (sulfide) groups is 1. The van der Waals surface area contributed by atoms with E-state index < -0.39 is 0 Å². The molecule has 0 aromatic heterocycles. The summed E-state index contributed by atoms with van der Waals surface area (Å²) >= 11 is 7.25. The van der Waals surface area contributed by atoms with Crippen molar-refractivity contribution in [1.29, 1.82) is 0 Å². The third-order valence-corrected chi connectivity index (χ3v) is 4.97. The summed E-state index contributed by atoms with van der Waals surface area (Å²) in [5.41, 5.74) is 3.47. The summed E-state index contributed by atoms with van der Waals surface area (Å²) in [6, 6.07) is 13.0. The number of anilines is 2. The summed E-state index contributed by atoms with van der Waals surface area (Å²) < 4.78 is 0. The molecule has 2 N–H and O–H groups in total. The Bertz CT molecular complexity index is 780. The summed E-state index contributed by atoms with van der Waals surface area (Å²) in [7, 11) is 0. The van der Waals surface area contributed by atoms with Crippen LogP contribution in [0.2, 0.25) is 5.02 Å². The van der Waals surface area contributed by atoms with Crippen molar-refractivity contribution in [2.75, 3.05) is 16.4 Å². The second-order valence-electron chi connectivity index (χ2n) is 5.82. The first-order valence-corrected chi connectivity index (χ1v) is 9.33. The summed E-state index contributed by atoms with van der Waals surface area (Å²) in [6.07, 6.45) is 0. The van der Waals surface area contributed by atoms with Gasteiger partial charge < -0.3 is 10.6 Å². The first-order chi connectivity index (χ1) is 11.8. The summed E-state index contributed by atoms with van der Waals surface area (Å²) in [6.45, 7) is 5.65. The van der Waals surface area contributed by atoms with Crippen LogP contribution in [-0.2, 0) is 9.59 Å². The van der Waals surface area contributed by atoms with Gasteiger partial charge in [0.1, 0.15) is 0 Å². The van der Waals surface area contributed by atoms with Gasteiger partial charge in [0.15, 0.2) is 0 Å². The average Bonchev–Trinajstić information content (AvgIpc) is 2.56. The van der Waals surface area contributed by atoms with Crippen molar-refractivity contribution in [3.05, 3.63) is 58.6 Å². The lowest BCUT2D eigenvalue weighted by Gasteiger charge is -2.14. The molecule has 2 aromatic carbocycles. The number of halogens is 1. The molecule has 0 aliphatic rings. The molecule has 0 saturated heterocycles. The lowest BCUT2D eigenvalue weighted by molar-refractivity contribution is -0.115. The van der Waals surface area contributed by atoms with Gasteiger partial charge in [0.2, 0.25) is 11.8 Å². The number of aryl methyl sites for hydroxylation is 2. The Hall–Kier alpha value is -1.98. The maximum absolute atomic E-state index is 12.3. The van der Waals surface area contributed by atoms with Crippen LogP contribution < -0.4 is 10.6 Å². The fraction of sp³-hybridized carbons (Fsp3) is 0.263. The molecular formula is C19H21ClN2O2S. The number of amides is 2. The van der Waals surface area contributed by atoms with Crippen LogP contribution in [-0.4, -0.2) is 22.8 Å². The molecule has 1 atom stereocenters. The predicted octanol–water partition coefficient (Wildman–Crippen LogP) is 4.66. The number of hydrogen-bond acceptors (Lipinski definition) is 3. The summed E-state index contributed by atoms with van der Waals surface area (Å²) in [5.74, 6) is -0.0789. The zero-order chi connectivity index (χ0) is 18.4. The van der Waals surface area contributed by atoms with E-state index in [1.54, 1.807) is 19.1 Å². The van der Waals surface area contributed by atoms with E-state index in [4.69, 9.17) is 11.6 Å². The zero-order valence-corrected chi connectivity index (χ0v) is 16.0. The molecule has 0 unspecified atom stereocenters. The SMILES string of the molecule is Cc1cccc(NC(=O)CS[C@H](C)C(=O)Nc2cc(Cl)ccc2C)c1. The van der Waals surface area contributed by atoms with Crippen molar-refractivity contribution in [2.45, 2.75) is 26.0 Å². The number of rotatable bonds is 6. The predicted molar refractivity (Wildman–Crippen MR) is 107 cm³/mol. The first-order valence-electron chi connectivity index (χ1n) is 7.90. The van der Waals surface area contributed by atoms with E-state index in [1.807, 2.05) is 44.2 Å². The van der Waals surface area contributed by atoms with Gasteiger partial charge in [-0.3, -0.25) is 9.59 Å². The van der Waals surface area contributed by atoms with Crippen molar-refractivity contribution in [2.24, 2.45) is 0 Å². The highest BCUT2D eigenvalue weighted by Crippen LogP contribution is 2.22. The number of carbonyl (C=O) groups excluding carboxylic acids is 2. The molecule has 25 heavy (non-hydrogen) atoms. The second-order valence-corrected chi connectivity index (χ2v) is 7.58.